The van der Waals surface area contributed by atoms with Crippen LogP contribution >= 0.6 is 0 Å². The van der Waals surface area contributed by atoms with E-state index in [0.717, 1.165) is 24.6 Å². The summed E-state index contributed by atoms with van der Waals surface area (Å²) in [5.74, 6) is 0.173. The maximum Gasteiger partial charge on any atom is 0.416 e. The SMILES string of the molecule is C[C@@H]1C[C@H](C2(Cc3cn(C)nn3)Nc3cnc4ccc(C(F)(F)F)cc4c3N2)CCO1. The predicted octanol–water partition coefficient (Wildman–Crippen LogP) is 3.97. The zero-order valence-corrected chi connectivity index (χ0v) is 17.2. The van der Waals surface area contributed by atoms with Gasteiger partial charge < -0.3 is 15.4 Å². The van der Waals surface area contributed by atoms with Crippen LogP contribution in [0.2, 0.25) is 0 Å². The van der Waals surface area contributed by atoms with Crippen molar-refractivity contribution in [2.75, 3.05) is 17.2 Å². The Bertz CT molecular complexity index is 1130. The number of aromatic nitrogens is 4. The largest absolute Gasteiger partial charge is 0.416 e. The van der Waals surface area contributed by atoms with E-state index in [-0.39, 0.29) is 12.0 Å². The van der Waals surface area contributed by atoms with Crippen LogP contribution in [0.5, 0.6) is 0 Å². The number of pyridine rings is 1. The van der Waals surface area contributed by atoms with Crippen molar-refractivity contribution in [2.24, 2.45) is 13.0 Å². The minimum absolute atomic E-state index is 0.0940. The van der Waals surface area contributed by atoms with Crippen LogP contribution in [-0.2, 0) is 24.4 Å². The quantitative estimate of drug-likeness (QED) is 0.652. The molecule has 0 amide bonds. The van der Waals surface area contributed by atoms with Gasteiger partial charge in [0.05, 0.1) is 40.4 Å². The summed E-state index contributed by atoms with van der Waals surface area (Å²) in [7, 11) is 1.81. The molecule has 1 unspecified atom stereocenters. The van der Waals surface area contributed by atoms with Gasteiger partial charge in [-0.25, -0.2) is 0 Å². The molecule has 2 aliphatic heterocycles. The van der Waals surface area contributed by atoms with Crippen LogP contribution in [0, 0.1) is 5.92 Å². The molecule has 0 aliphatic carbocycles. The second-order valence-corrected chi connectivity index (χ2v) is 8.46. The summed E-state index contributed by atoms with van der Waals surface area (Å²) < 4.78 is 47.5. The molecule has 2 aliphatic rings. The second kappa shape index (κ2) is 7.08. The lowest BCUT2D eigenvalue weighted by atomic mass is 9.81. The summed E-state index contributed by atoms with van der Waals surface area (Å²) in [6.07, 6.45) is 1.36. The molecule has 5 rings (SSSR count). The average Bonchev–Trinajstić information content (AvgIpc) is 3.30. The molecule has 0 saturated carbocycles. The Morgan fingerprint density at radius 3 is 2.84 bits per heavy atom. The summed E-state index contributed by atoms with van der Waals surface area (Å²) in [5, 5.41) is 15.9. The minimum atomic E-state index is -4.42. The third kappa shape index (κ3) is 3.58. The van der Waals surface area contributed by atoms with E-state index in [2.05, 4.69) is 25.9 Å². The summed E-state index contributed by atoms with van der Waals surface area (Å²) in [6.45, 7) is 2.67. The fourth-order valence-corrected chi connectivity index (χ4v) is 4.74. The zero-order valence-electron chi connectivity index (χ0n) is 17.2. The smallest absolute Gasteiger partial charge is 0.378 e. The third-order valence-electron chi connectivity index (χ3n) is 6.19. The highest BCUT2D eigenvalue weighted by atomic mass is 19.4. The van der Waals surface area contributed by atoms with Crippen molar-refractivity contribution < 1.29 is 17.9 Å². The van der Waals surface area contributed by atoms with Gasteiger partial charge in [0, 0.05) is 37.6 Å². The number of alkyl halides is 3. The first-order chi connectivity index (χ1) is 14.7. The van der Waals surface area contributed by atoms with Crippen LogP contribution in [-0.4, -0.2) is 38.4 Å². The average molecular weight is 432 g/mol. The maximum atomic E-state index is 13.4. The molecule has 3 atom stereocenters. The standard InChI is InChI=1S/C21H23F3N6O/c1-12-7-13(5-6-31-12)20(9-15-11-30(2)29-28-15)26-18-10-25-17-4-3-14(21(22,23)24)8-16(17)19(18)27-20/h3-4,8,10-13,26-27H,5-7,9H2,1-2H3/t12-,13-,20?/m1/s1. The molecule has 1 fully saturated rings. The van der Waals surface area contributed by atoms with E-state index in [4.69, 9.17) is 4.74 Å². The molecule has 1 aromatic carbocycles. The van der Waals surface area contributed by atoms with Crippen LogP contribution < -0.4 is 10.6 Å². The highest BCUT2D eigenvalue weighted by Gasteiger charge is 2.46. The first kappa shape index (κ1) is 20.0. The van der Waals surface area contributed by atoms with Crippen molar-refractivity contribution in [3.8, 4) is 0 Å². The van der Waals surface area contributed by atoms with Gasteiger partial charge in [-0.15, -0.1) is 5.10 Å². The number of benzene rings is 1. The number of halogens is 3. The summed E-state index contributed by atoms with van der Waals surface area (Å²) in [5.41, 5.74) is 1.32. The van der Waals surface area contributed by atoms with E-state index >= 15 is 0 Å². The van der Waals surface area contributed by atoms with Gasteiger partial charge in [-0.05, 0) is 38.0 Å². The first-order valence-corrected chi connectivity index (χ1v) is 10.3. The van der Waals surface area contributed by atoms with Gasteiger partial charge >= 0.3 is 6.18 Å². The lowest BCUT2D eigenvalue weighted by molar-refractivity contribution is -0.137. The number of hydrogen-bond acceptors (Lipinski definition) is 6. The molecule has 164 valence electrons. The molecule has 31 heavy (non-hydrogen) atoms. The Labute approximate surface area is 177 Å². The topological polar surface area (TPSA) is 76.9 Å². The van der Waals surface area contributed by atoms with Gasteiger partial charge in [0.1, 0.15) is 5.66 Å². The number of ether oxygens (including phenoxy) is 1. The number of nitrogens with zero attached hydrogens (tertiary/aromatic N) is 4. The Balaban J connectivity index is 1.59. The molecule has 4 heterocycles. The van der Waals surface area contributed by atoms with Gasteiger partial charge in [-0.3, -0.25) is 9.67 Å². The zero-order chi connectivity index (χ0) is 21.8. The van der Waals surface area contributed by atoms with Crippen molar-refractivity contribution in [3.63, 3.8) is 0 Å². The van der Waals surface area contributed by atoms with Gasteiger partial charge in [-0.2, -0.15) is 13.2 Å². The van der Waals surface area contributed by atoms with Crippen LogP contribution in [0.15, 0.2) is 30.6 Å². The number of hydrogen-bond donors (Lipinski definition) is 2. The molecule has 2 aromatic heterocycles. The van der Waals surface area contributed by atoms with E-state index in [1.807, 2.05) is 13.1 Å². The molecule has 0 spiro atoms. The maximum absolute atomic E-state index is 13.4. The fraction of sp³-hybridized carbons (Fsp3) is 0.476. The Morgan fingerprint density at radius 1 is 1.29 bits per heavy atom. The number of nitrogens with one attached hydrogen (secondary N) is 2. The molecular weight excluding hydrogens is 409 g/mol. The number of anilines is 2. The molecule has 0 bridgehead atoms. The van der Waals surface area contributed by atoms with Crippen molar-refractivity contribution in [1.82, 2.24) is 20.0 Å². The number of aryl methyl sites for hydroxylation is 1. The highest BCUT2D eigenvalue weighted by molar-refractivity contribution is 6.00. The lowest BCUT2D eigenvalue weighted by Crippen LogP contribution is -2.53. The fourth-order valence-electron chi connectivity index (χ4n) is 4.74. The van der Waals surface area contributed by atoms with Crippen molar-refractivity contribution in [3.05, 3.63) is 41.9 Å². The molecular formula is C21H23F3N6O. The van der Waals surface area contributed by atoms with Crippen molar-refractivity contribution >= 4 is 22.3 Å². The molecule has 2 N–H and O–H groups in total. The molecule has 10 heteroatoms. The first-order valence-electron chi connectivity index (χ1n) is 10.3. The van der Waals surface area contributed by atoms with E-state index in [1.165, 1.54) is 12.1 Å². The Morgan fingerprint density at radius 2 is 2.13 bits per heavy atom. The monoisotopic (exact) mass is 432 g/mol. The number of fused-ring (bicyclic) bond motifs is 3. The number of rotatable bonds is 3. The highest BCUT2D eigenvalue weighted by Crippen LogP contribution is 2.46. The van der Waals surface area contributed by atoms with Crippen molar-refractivity contribution in [2.45, 2.75) is 44.1 Å². The van der Waals surface area contributed by atoms with E-state index in [9.17, 15) is 13.2 Å². The van der Waals surface area contributed by atoms with E-state index < -0.39 is 17.4 Å². The van der Waals surface area contributed by atoms with Crippen molar-refractivity contribution in [1.29, 1.82) is 0 Å². The van der Waals surface area contributed by atoms with Gasteiger partial charge in [0.15, 0.2) is 0 Å². The summed E-state index contributed by atoms with van der Waals surface area (Å²) >= 11 is 0. The third-order valence-corrected chi connectivity index (χ3v) is 6.19. The van der Waals surface area contributed by atoms with Crippen LogP contribution in [0.4, 0.5) is 24.5 Å². The Kier molecular flexibility index (Phi) is 4.58. The van der Waals surface area contributed by atoms with Crippen LogP contribution in [0.25, 0.3) is 10.9 Å². The van der Waals surface area contributed by atoms with Crippen LogP contribution in [0.1, 0.15) is 31.0 Å². The predicted molar refractivity (Wildman–Crippen MR) is 110 cm³/mol. The Hall–Kier alpha value is -2.88. The second-order valence-electron chi connectivity index (χ2n) is 8.46. The van der Waals surface area contributed by atoms with E-state index in [1.54, 1.807) is 17.9 Å². The molecule has 3 aromatic rings. The normalized spacial score (nSPS) is 25.8. The van der Waals surface area contributed by atoms with Gasteiger partial charge in [-0.1, -0.05) is 5.21 Å². The minimum Gasteiger partial charge on any atom is -0.378 e. The molecule has 0 radical (unpaired) electrons. The van der Waals surface area contributed by atoms with Gasteiger partial charge in [0.25, 0.3) is 0 Å². The lowest BCUT2D eigenvalue weighted by Gasteiger charge is -2.42. The summed E-state index contributed by atoms with van der Waals surface area (Å²) in [6, 6.07) is 3.65. The van der Waals surface area contributed by atoms with E-state index in [0.29, 0.717) is 35.3 Å². The molecule has 1 saturated heterocycles. The summed E-state index contributed by atoms with van der Waals surface area (Å²) in [4.78, 5) is 4.39. The van der Waals surface area contributed by atoms with Crippen LogP contribution in [0.3, 0.4) is 0 Å². The van der Waals surface area contributed by atoms with Gasteiger partial charge in [0.2, 0.25) is 0 Å². The molecule has 7 nitrogen and oxygen atoms in total.